The van der Waals surface area contributed by atoms with Gasteiger partial charge in [0.2, 0.25) is 0 Å². The van der Waals surface area contributed by atoms with Crippen LogP contribution in [0.4, 0.5) is 0 Å². The minimum Gasteiger partial charge on any atom is -0.478 e. The smallest absolute Gasteiger partial charge is 0.355 e. The van der Waals surface area contributed by atoms with Crippen molar-refractivity contribution in [2.24, 2.45) is 0 Å². The number of carboxylic acid groups (broad SMARTS) is 1. The van der Waals surface area contributed by atoms with Crippen molar-refractivity contribution < 1.29 is 19.4 Å². The minimum absolute atomic E-state index is 0.248. The zero-order valence-corrected chi connectivity index (χ0v) is 12.2. The van der Waals surface area contributed by atoms with Crippen LogP contribution in [-0.4, -0.2) is 28.6 Å². The molecule has 0 fully saturated rings. The number of rotatable bonds is 4. The standard InChI is InChI=1S/C14H12BrNO4/c1-2-20-14(19)13-9(4-6-12(17)18)10-7-8(15)3-5-11(10)16-13/h3-7,16H,2H2,1H3,(H,17,18)/b6-4+. The maximum absolute atomic E-state index is 11.9. The van der Waals surface area contributed by atoms with Crippen LogP contribution in [0.3, 0.4) is 0 Å². The Hall–Kier alpha value is -2.08. The zero-order chi connectivity index (χ0) is 14.7. The SMILES string of the molecule is CCOC(=O)c1[nH]c2ccc(Br)cc2c1/C=C/C(=O)O. The maximum atomic E-state index is 11.9. The molecule has 0 amide bonds. The van der Waals surface area contributed by atoms with Gasteiger partial charge in [0.25, 0.3) is 0 Å². The lowest BCUT2D eigenvalue weighted by atomic mass is 10.1. The molecule has 0 spiro atoms. The largest absolute Gasteiger partial charge is 0.478 e. The van der Waals surface area contributed by atoms with Crippen LogP contribution in [-0.2, 0) is 9.53 Å². The molecule has 0 atom stereocenters. The van der Waals surface area contributed by atoms with Gasteiger partial charge < -0.3 is 14.8 Å². The number of aromatic nitrogens is 1. The lowest BCUT2D eigenvalue weighted by Gasteiger charge is -2.00. The molecule has 6 heteroatoms. The van der Waals surface area contributed by atoms with Crippen LogP contribution in [0.25, 0.3) is 17.0 Å². The molecule has 0 radical (unpaired) electrons. The monoisotopic (exact) mass is 337 g/mol. The molecule has 20 heavy (non-hydrogen) atoms. The van der Waals surface area contributed by atoms with Crippen LogP contribution in [0.15, 0.2) is 28.7 Å². The summed E-state index contributed by atoms with van der Waals surface area (Å²) in [5.41, 5.74) is 1.49. The van der Waals surface area contributed by atoms with E-state index in [1.807, 2.05) is 12.1 Å². The van der Waals surface area contributed by atoms with E-state index in [0.717, 1.165) is 21.5 Å². The number of halogens is 1. The number of aromatic amines is 1. The van der Waals surface area contributed by atoms with E-state index in [4.69, 9.17) is 9.84 Å². The van der Waals surface area contributed by atoms with E-state index in [2.05, 4.69) is 20.9 Å². The van der Waals surface area contributed by atoms with Gasteiger partial charge in [-0.25, -0.2) is 9.59 Å². The van der Waals surface area contributed by atoms with Gasteiger partial charge >= 0.3 is 11.9 Å². The van der Waals surface area contributed by atoms with Crippen molar-refractivity contribution in [2.75, 3.05) is 6.61 Å². The summed E-state index contributed by atoms with van der Waals surface area (Å²) in [5, 5.41) is 9.50. The molecule has 0 aliphatic rings. The summed E-state index contributed by atoms with van der Waals surface area (Å²) < 4.78 is 5.81. The average molecular weight is 338 g/mol. The van der Waals surface area contributed by atoms with Gasteiger partial charge in [-0.15, -0.1) is 0 Å². The van der Waals surface area contributed by atoms with Gasteiger partial charge in [0, 0.05) is 27.0 Å². The highest BCUT2D eigenvalue weighted by Crippen LogP contribution is 2.27. The van der Waals surface area contributed by atoms with Crippen molar-refractivity contribution in [3.05, 3.63) is 40.0 Å². The van der Waals surface area contributed by atoms with Gasteiger partial charge in [0.15, 0.2) is 0 Å². The fraction of sp³-hybridized carbons (Fsp3) is 0.143. The Morgan fingerprint density at radius 3 is 2.85 bits per heavy atom. The molecule has 1 heterocycles. The van der Waals surface area contributed by atoms with Crippen LogP contribution in [0.1, 0.15) is 23.0 Å². The molecular formula is C14H12BrNO4. The van der Waals surface area contributed by atoms with Crippen molar-refractivity contribution in [3.63, 3.8) is 0 Å². The second-order valence-electron chi connectivity index (χ2n) is 4.00. The minimum atomic E-state index is -1.08. The predicted molar refractivity (Wildman–Crippen MR) is 78.6 cm³/mol. The third kappa shape index (κ3) is 2.91. The molecule has 5 nitrogen and oxygen atoms in total. The first-order valence-electron chi connectivity index (χ1n) is 5.92. The van der Waals surface area contributed by atoms with Crippen molar-refractivity contribution in [2.45, 2.75) is 6.92 Å². The number of H-pyrrole nitrogens is 1. The van der Waals surface area contributed by atoms with Gasteiger partial charge in [0.05, 0.1) is 6.61 Å². The average Bonchev–Trinajstić information content (AvgIpc) is 2.74. The Labute approximate surface area is 123 Å². The maximum Gasteiger partial charge on any atom is 0.355 e. The van der Waals surface area contributed by atoms with E-state index in [1.165, 1.54) is 6.08 Å². The van der Waals surface area contributed by atoms with E-state index in [-0.39, 0.29) is 12.3 Å². The first kappa shape index (κ1) is 14.3. The van der Waals surface area contributed by atoms with Gasteiger partial charge in [-0.3, -0.25) is 0 Å². The fourth-order valence-corrected chi connectivity index (χ4v) is 2.24. The molecule has 0 unspecified atom stereocenters. The Kier molecular flexibility index (Phi) is 4.24. The Balaban J connectivity index is 2.63. The van der Waals surface area contributed by atoms with Crippen LogP contribution >= 0.6 is 15.9 Å². The second-order valence-corrected chi connectivity index (χ2v) is 4.91. The van der Waals surface area contributed by atoms with E-state index in [0.29, 0.717) is 5.56 Å². The lowest BCUT2D eigenvalue weighted by molar-refractivity contribution is -0.131. The third-order valence-corrected chi connectivity index (χ3v) is 3.17. The van der Waals surface area contributed by atoms with E-state index < -0.39 is 11.9 Å². The van der Waals surface area contributed by atoms with Crippen molar-refractivity contribution in [1.82, 2.24) is 4.98 Å². The first-order chi connectivity index (χ1) is 9.52. The van der Waals surface area contributed by atoms with E-state index >= 15 is 0 Å². The normalized spacial score (nSPS) is 11.1. The van der Waals surface area contributed by atoms with Gasteiger partial charge in [-0.2, -0.15) is 0 Å². The van der Waals surface area contributed by atoms with E-state index in [1.54, 1.807) is 13.0 Å². The Morgan fingerprint density at radius 1 is 1.45 bits per heavy atom. The molecular weight excluding hydrogens is 326 g/mol. The highest BCUT2D eigenvalue weighted by atomic mass is 79.9. The van der Waals surface area contributed by atoms with Crippen LogP contribution in [0.2, 0.25) is 0 Å². The summed E-state index contributed by atoms with van der Waals surface area (Å²) in [6, 6.07) is 5.45. The van der Waals surface area contributed by atoms with Gasteiger partial charge in [-0.1, -0.05) is 15.9 Å². The van der Waals surface area contributed by atoms with Crippen LogP contribution in [0.5, 0.6) is 0 Å². The number of benzene rings is 1. The number of fused-ring (bicyclic) bond motifs is 1. The molecule has 0 saturated carbocycles. The summed E-state index contributed by atoms with van der Waals surface area (Å²) in [5.74, 6) is -1.59. The number of carbonyl (C=O) groups excluding carboxylic acids is 1. The molecule has 2 N–H and O–H groups in total. The highest BCUT2D eigenvalue weighted by Gasteiger charge is 2.17. The van der Waals surface area contributed by atoms with Crippen LogP contribution < -0.4 is 0 Å². The highest BCUT2D eigenvalue weighted by molar-refractivity contribution is 9.10. The quantitative estimate of drug-likeness (QED) is 0.663. The molecule has 2 rings (SSSR count). The van der Waals surface area contributed by atoms with Crippen LogP contribution in [0, 0.1) is 0 Å². The summed E-state index contributed by atoms with van der Waals surface area (Å²) in [4.78, 5) is 25.6. The lowest BCUT2D eigenvalue weighted by Crippen LogP contribution is -2.06. The number of carbonyl (C=O) groups is 2. The molecule has 0 bridgehead atoms. The summed E-state index contributed by atoms with van der Waals surface area (Å²) >= 11 is 3.35. The second kappa shape index (κ2) is 5.92. The number of aliphatic carboxylic acids is 1. The molecule has 1 aromatic heterocycles. The Morgan fingerprint density at radius 2 is 2.20 bits per heavy atom. The zero-order valence-electron chi connectivity index (χ0n) is 10.6. The molecule has 0 aliphatic carbocycles. The molecule has 2 aromatic rings. The van der Waals surface area contributed by atoms with Gasteiger partial charge in [0.1, 0.15) is 5.69 Å². The number of hydrogen-bond donors (Lipinski definition) is 2. The molecule has 104 valence electrons. The number of ether oxygens (including phenoxy) is 1. The summed E-state index contributed by atoms with van der Waals surface area (Å²) in [6.07, 6.45) is 2.38. The van der Waals surface area contributed by atoms with E-state index in [9.17, 15) is 9.59 Å². The van der Waals surface area contributed by atoms with Crippen molar-refractivity contribution in [3.8, 4) is 0 Å². The fourth-order valence-electron chi connectivity index (χ4n) is 1.88. The number of nitrogens with one attached hydrogen (secondary N) is 1. The third-order valence-electron chi connectivity index (χ3n) is 2.67. The molecule has 0 aliphatic heterocycles. The Bertz CT molecular complexity index is 703. The number of hydrogen-bond acceptors (Lipinski definition) is 3. The van der Waals surface area contributed by atoms with Gasteiger partial charge in [-0.05, 0) is 31.2 Å². The molecule has 1 aromatic carbocycles. The number of esters is 1. The van der Waals surface area contributed by atoms with Crippen molar-refractivity contribution >= 4 is 44.8 Å². The van der Waals surface area contributed by atoms with Crippen molar-refractivity contribution in [1.29, 1.82) is 0 Å². The molecule has 0 saturated heterocycles. The topological polar surface area (TPSA) is 79.4 Å². The predicted octanol–water partition coefficient (Wildman–Crippen LogP) is 3.20. The summed E-state index contributed by atoms with van der Waals surface area (Å²) in [7, 11) is 0. The first-order valence-corrected chi connectivity index (χ1v) is 6.71. The number of carboxylic acids is 1. The summed E-state index contributed by atoms with van der Waals surface area (Å²) in [6.45, 7) is 1.96.